The van der Waals surface area contributed by atoms with Gasteiger partial charge in [-0.05, 0) is 24.8 Å². The monoisotopic (exact) mass is 241 g/mol. The number of hydrogen-bond acceptors (Lipinski definition) is 2. The van der Waals surface area contributed by atoms with Gasteiger partial charge in [-0.2, -0.15) is 0 Å². The molecule has 0 aromatic carbocycles. The first kappa shape index (κ1) is 9.00. The van der Waals surface area contributed by atoms with Crippen molar-refractivity contribution < 1.29 is 4.74 Å². The molecule has 1 heterocycles. The smallest absolute Gasteiger partial charge is 0.214 e. The molecule has 1 aromatic heterocycles. The normalized spacial score (nSPS) is 26.6. The summed E-state index contributed by atoms with van der Waals surface area (Å²) >= 11 is 3.38. The predicted molar refractivity (Wildman–Crippen MR) is 54.8 cm³/mol. The Morgan fingerprint density at radius 2 is 2.31 bits per heavy atom. The number of halogens is 1. The van der Waals surface area contributed by atoms with E-state index in [-0.39, 0.29) is 0 Å². The van der Waals surface area contributed by atoms with Crippen LogP contribution in [0.1, 0.15) is 19.8 Å². The van der Waals surface area contributed by atoms with Crippen molar-refractivity contribution in [3.05, 3.63) is 22.8 Å². The van der Waals surface area contributed by atoms with Gasteiger partial charge in [0.15, 0.2) is 0 Å². The van der Waals surface area contributed by atoms with Gasteiger partial charge in [0.1, 0.15) is 6.10 Å². The maximum Gasteiger partial charge on any atom is 0.214 e. The first-order valence-electron chi connectivity index (χ1n) is 4.52. The first-order valence-corrected chi connectivity index (χ1v) is 5.31. The Morgan fingerprint density at radius 3 is 2.92 bits per heavy atom. The molecule has 0 saturated heterocycles. The Balaban J connectivity index is 1.94. The third-order valence-corrected chi connectivity index (χ3v) is 2.81. The Morgan fingerprint density at radius 1 is 1.54 bits per heavy atom. The van der Waals surface area contributed by atoms with Crippen LogP contribution in [0.25, 0.3) is 0 Å². The highest BCUT2D eigenvalue weighted by molar-refractivity contribution is 9.10. The van der Waals surface area contributed by atoms with Crippen LogP contribution in [0.5, 0.6) is 5.88 Å². The molecule has 0 atom stereocenters. The van der Waals surface area contributed by atoms with Crippen LogP contribution in [0, 0.1) is 5.92 Å². The molecule has 0 spiro atoms. The van der Waals surface area contributed by atoms with Gasteiger partial charge in [0.05, 0.1) is 0 Å². The lowest BCUT2D eigenvalue weighted by Crippen LogP contribution is -2.32. The summed E-state index contributed by atoms with van der Waals surface area (Å²) in [6.45, 7) is 2.24. The highest BCUT2D eigenvalue weighted by Gasteiger charge is 2.27. The highest BCUT2D eigenvalue weighted by Crippen LogP contribution is 2.30. The van der Waals surface area contributed by atoms with E-state index in [1.807, 2.05) is 12.1 Å². The Kier molecular flexibility index (Phi) is 2.54. The summed E-state index contributed by atoms with van der Waals surface area (Å²) in [5, 5.41) is 0. The zero-order valence-corrected chi connectivity index (χ0v) is 9.12. The third-order valence-electron chi connectivity index (χ3n) is 2.31. The van der Waals surface area contributed by atoms with Crippen LogP contribution in [-0.4, -0.2) is 11.1 Å². The van der Waals surface area contributed by atoms with Crippen molar-refractivity contribution >= 4 is 15.9 Å². The number of ether oxygens (including phenoxy) is 1. The number of nitrogens with zero attached hydrogens (tertiary/aromatic N) is 1. The molecule has 0 N–H and O–H groups in total. The van der Waals surface area contributed by atoms with E-state index in [9.17, 15) is 0 Å². The molecule has 13 heavy (non-hydrogen) atoms. The molecule has 0 radical (unpaired) electrons. The van der Waals surface area contributed by atoms with Crippen LogP contribution in [0.2, 0.25) is 0 Å². The first-order chi connectivity index (χ1) is 6.24. The summed E-state index contributed by atoms with van der Waals surface area (Å²) in [6, 6.07) is 3.80. The molecule has 70 valence electrons. The van der Waals surface area contributed by atoms with Gasteiger partial charge in [0.2, 0.25) is 5.88 Å². The van der Waals surface area contributed by atoms with Crippen LogP contribution in [0.4, 0.5) is 0 Å². The van der Waals surface area contributed by atoms with Crippen molar-refractivity contribution in [1.29, 1.82) is 0 Å². The second-order valence-electron chi connectivity index (χ2n) is 3.63. The molecule has 1 aliphatic carbocycles. The average Bonchev–Trinajstić information content (AvgIpc) is 2.01. The summed E-state index contributed by atoms with van der Waals surface area (Å²) in [5.74, 6) is 1.54. The molecule has 0 bridgehead atoms. The minimum atomic E-state index is 0.386. The summed E-state index contributed by atoms with van der Waals surface area (Å²) in [5.41, 5.74) is 0. The van der Waals surface area contributed by atoms with E-state index in [1.165, 1.54) is 0 Å². The topological polar surface area (TPSA) is 22.1 Å². The fourth-order valence-corrected chi connectivity index (χ4v) is 1.86. The highest BCUT2D eigenvalue weighted by atomic mass is 79.9. The van der Waals surface area contributed by atoms with Crippen molar-refractivity contribution in [3.8, 4) is 5.88 Å². The van der Waals surface area contributed by atoms with Crippen molar-refractivity contribution in [1.82, 2.24) is 4.98 Å². The molecule has 3 heteroatoms. The zero-order valence-electron chi connectivity index (χ0n) is 7.53. The molecular formula is C10H12BrNO. The fourth-order valence-electron chi connectivity index (χ4n) is 1.55. The maximum absolute atomic E-state index is 5.66. The van der Waals surface area contributed by atoms with Crippen molar-refractivity contribution in [2.24, 2.45) is 5.92 Å². The van der Waals surface area contributed by atoms with Crippen LogP contribution in [0.15, 0.2) is 22.8 Å². The SMILES string of the molecule is CC1CC(Oc2cc(Br)ccn2)C1. The summed E-state index contributed by atoms with van der Waals surface area (Å²) in [6.07, 6.45) is 4.46. The van der Waals surface area contributed by atoms with Gasteiger partial charge in [-0.1, -0.05) is 22.9 Å². The van der Waals surface area contributed by atoms with Gasteiger partial charge in [0.25, 0.3) is 0 Å². The number of pyridine rings is 1. The van der Waals surface area contributed by atoms with Crippen molar-refractivity contribution in [3.63, 3.8) is 0 Å². The molecule has 0 aliphatic heterocycles. The largest absolute Gasteiger partial charge is 0.474 e. The lowest BCUT2D eigenvalue weighted by molar-refractivity contribution is 0.0695. The maximum atomic E-state index is 5.66. The molecule has 0 amide bonds. The van der Waals surface area contributed by atoms with E-state index in [0.717, 1.165) is 29.1 Å². The fraction of sp³-hybridized carbons (Fsp3) is 0.500. The molecule has 1 saturated carbocycles. The van der Waals surface area contributed by atoms with Gasteiger partial charge in [0, 0.05) is 16.7 Å². The molecule has 2 nitrogen and oxygen atoms in total. The Labute approximate surface area is 86.5 Å². The van der Waals surface area contributed by atoms with E-state index in [2.05, 4.69) is 27.8 Å². The van der Waals surface area contributed by atoms with Crippen LogP contribution in [-0.2, 0) is 0 Å². The van der Waals surface area contributed by atoms with Crippen LogP contribution < -0.4 is 4.74 Å². The van der Waals surface area contributed by atoms with E-state index in [0.29, 0.717) is 6.10 Å². The molecule has 1 aromatic rings. The molecule has 1 fully saturated rings. The predicted octanol–water partition coefficient (Wildman–Crippen LogP) is 3.02. The zero-order chi connectivity index (χ0) is 9.26. The number of aromatic nitrogens is 1. The molecular weight excluding hydrogens is 230 g/mol. The Hall–Kier alpha value is -0.570. The third kappa shape index (κ3) is 2.21. The van der Waals surface area contributed by atoms with Gasteiger partial charge in [-0.15, -0.1) is 0 Å². The minimum absolute atomic E-state index is 0.386. The Bertz CT molecular complexity index is 297. The van der Waals surface area contributed by atoms with Gasteiger partial charge < -0.3 is 4.74 Å². The van der Waals surface area contributed by atoms with Crippen molar-refractivity contribution in [2.45, 2.75) is 25.9 Å². The van der Waals surface area contributed by atoms with E-state index in [1.54, 1.807) is 6.20 Å². The van der Waals surface area contributed by atoms with Gasteiger partial charge in [-0.3, -0.25) is 0 Å². The van der Waals surface area contributed by atoms with Crippen molar-refractivity contribution in [2.75, 3.05) is 0 Å². The van der Waals surface area contributed by atoms with E-state index >= 15 is 0 Å². The second kappa shape index (κ2) is 3.66. The van der Waals surface area contributed by atoms with E-state index < -0.39 is 0 Å². The summed E-state index contributed by atoms with van der Waals surface area (Å²) < 4.78 is 6.68. The molecule has 2 rings (SSSR count). The average molecular weight is 242 g/mol. The van der Waals surface area contributed by atoms with Gasteiger partial charge in [-0.25, -0.2) is 4.98 Å². The number of hydrogen-bond donors (Lipinski definition) is 0. The van der Waals surface area contributed by atoms with Crippen LogP contribution >= 0.6 is 15.9 Å². The van der Waals surface area contributed by atoms with Crippen LogP contribution in [0.3, 0.4) is 0 Å². The van der Waals surface area contributed by atoms with E-state index in [4.69, 9.17) is 4.74 Å². The lowest BCUT2D eigenvalue weighted by Gasteiger charge is -2.32. The number of rotatable bonds is 2. The standard InChI is InChI=1S/C10H12BrNO/c1-7-4-9(5-7)13-10-6-8(11)2-3-12-10/h2-3,6-7,9H,4-5H2,1H3. The van der Waals surface area contributed by atoms with Gasteiger partial charge >= 0.3 is 0 Å². The quantitative estimate of drug-likeness (QED) is 0.795. The molecule has 1 aliphatic rings. The minimum Gasteiger partial charge on any atom is -0.474 e. The summed E-state index contributed by atoms with van der Waals surface area (Å²) in [7, 11) is 0. The molecule has 0 unspecified atom stereocenters. The second-order valence-corrected chi connectivity index (χ2v) is 4.54. The lowest BCUT2D eigenvalue weighted by atomic mass is 9.84. The summed E-state index contributed by atoms with van der Waals surface area (Å²) in [4.78, 5) is 4.13.